The van der Waals surface area contributed by atoms with Gasteiger partial charge in [-0.3, -0.25) is 38.6 Å². The van der Waals surface area contributed by atoms with Crippen molar-refractivity contribution in [2.24, 2.45) is 33.8 Å². The summed E-state index contributed by atoms with van der Waals surface area (Å²) in [5.74, 6) is -9.07. The van der Waals surface area contributed by atoms with E-state index in [0.717, 1.165) is 0 Å². The van der Waals surface area contributed by atoms with E-state index in [1.54, 1.807) is 13.8 Å². The van der Waals surface area contributed by atoms with Crippen molar-refractivity contribution >= 4 is 53.3 Å². The first-order chi connectivity index (χ1) is 27.7. The number of carbonyl (C=O) groups excluding carboxylic acids is 6. The van der Waals surface area contributed by atoms with Gasteiger partial charge in [-0.15, -0.1) is 0 Å². The number of guanidine groups is 1. The average Bonchev–Trinajstić information content (AvgIpc) is 3.67. The summed E-state index contributed by atoms with van der Waals surface area (Å²) in [6.45, 7) is 3.67. The van der Waals surface area contributed by atoms with Gasteiger partial charge in [-0.25, -0.2) is 9.78 Å². The summed E-state index contributed by atoms with van der Waals surface area (Å²) in [6.07, 6.45) is 1.05. The van der Waals surface area contributed by atoms with Crippen molar-refractivity contribution < 1.29 is 53.7 Å². The Kier molecular flexibility index (Phi) is 19.8. The molecular formula is C36H54N12O11. The average molecular weight is 831 g/mol. The van der Waals surface area contributed by atoms with E-state index >= 15 is 0 Å². The molecule has 6 amide bonds. The van der Waals surface area contributed by atoms with Gasteiger partial charge in [-0.05, 0) is 49.3 Å². The molecule has 0 aliphatic rings. The van der Waals surface area contributed by atoms with Crippen LogP contribution in [0.4, 0.5) is 0 Å². The number of aromatic amines is 1. The molecule has 17 N–H and O–H groups in total. The lowest BCUT2D eigenvalue weighted by Crippen LogP contribution is -2.60. The molecule has 1 heterocycles. The third-order valence-electron chi connectivity index (χ3n) is 8.57. The van der Waals surface area contributed by atoms with E-state index in [9.17, 15) is 53.7 Å². The fraction of sp³-hybridized carbons (Fsp3) is 0.500. The highest BCUT2D eigenvalue weighted by Crippen LogP contribution is 2.13. The summed E-state index contributed by atoms with van der Waals surface area (Å²) in [5, 5.41) is 41.0. The summed E-state index contributed by atoms with van der Waals surface area (Å²) < 4.78 is 0. The Labute approximate surface area is 338 Å². The number of nitrogens with two attached hydrogens (primary N) is 4. The number of aliphatic carboxylic acids is 2. The number of aliphatic imine (C=N–C) groups is 1. The second-order valence-electron chi connectivity index (χ2n) is 14.1. The number of hydrogen-bond donors (Lipinski definition) is 13. The fourth-order valence-electron chi connectivity index (χ4n) is 5.55. The molecular weight excluding hydrogens is 776 g/mol. The predicted octanol–water partition coefficient (Wildman–Crippen LogP) is -3.42. The molecule has 1 aromatic heterocycles. The van der Waals surface area contributed by atoms with Crippen LogP contribution in [0.5, 0.6) is 5.75 Å². The number of hydrogen-bond acceptors (Lipinski definition) is 12. The Hall–Kier alpha value is -6.78. The minimum atomic E-state index is -1.85. The van der Waals surface area contributed by atoms with Gasteiger partial charge in [0.25, 0.3) is 0 Å². The summed E-state index contributed by atoms with van der Waals surface area (Å²) >= 11 is 0. The molecule has 2 aromatic rings. The van der Waals surface area contributed by atoms with Crippen LogP contribution in [0.1, 0.15) is 63.6 Å². The predicted molar refractivity (Wildman–Crippen MR) is 209 cm³/mol. The summed E-state index contributed by atoms with van der Waals surface area (Å²) in [6, 6.07) is -3.25. The van der Waals surface area contributed by atoms with Gasteiger partial charge < -0.3 is 69.8 Å². The Morgan fingerprint density at radius 3 is 1.86 bits per heavy atom. The first-order valence-electron chi connectivity index (χ1n) is 18.6. The number of H-pyrrole nitrogens is 1. The highest BCUT2D eigenvalue weighted by Gasteiger charge is 2.34. The Bertz CT molecular complexity index is 1780. The summed E-state index contributed by atoms with van der Waals surface area (Å²) in [5.41, 5.74) is 22.8. The summed E-state index contributed by atoms with van der Waals surface area (Å²) in [4.78, 5) is 114. The normalized spacial score (nSPS) is 14.0. The topological polar surface area (TPSA) is 403 Å². The molecule has 59 heavy (non-hydrogen) atoms. The molecule has 23 nitrogen and oxygen atoms in total. The van der Waals surface area contributed by atoms with Crippen LogP contribution >= 0.6 is 0 Å². The number of phenols is 1. The third kappa shape index (κ3) is 18.4. The number of imidazole rings is 1. The molecule has 324 valence electrons. The van der Waals surface area contributed by atoms with Gasteiger partial charge in [0.05, 0.1) is 18.8 Å². The molecule has 0 radical (unpaired) electrons. The zero-order chi connectivity index (χ0) is 44.2. The second-order valence-corrected chi connectivity index (χ2v) is 14.1. The quantitative estimate of drug-likeness (QED) is 0.0249. The van der Waals surface area contributed by atoms with Crippen LogP contribution in [0.25, 0.3) is 0 Å². The number of rotatable bonds is 26. The zero-order valence-electron chi connectivity index (χ0n) is 32.7. The van der Waals surface area contributed by atoms with Gasteiger partial charge in [0.2, 0.25) is 35.4 Å². The van der Waals surface area contributed by atoms with E-state index in [0.29, 0.717) is 17.7 Å². The number of nitrogens with one attached hydrogen (secondary N) is 6. The smallest absolute Gasteiger partial charge is 0.326 e. The van der Waals surface area contributed by atoms with Crippen LogP contribution in [0, 0.1) is 5.92 Å². The van der Waals surface area contributed by atoms with Crippen LogP contribution in [-0.4, -0.2) is 121 Å². The van der Waals surface area contributed by atoms with Crippen molar-refractivity contribution in [3.8, 4) is 5.75 Å². The van der Waals surface area contributed by atoms with Crippen molar-refractivity contribution in [1.29, 1.82) is 0 Å². The van der Waals surface area contributed by atoms with Crippen molar-refractivity contribution in [1.82, 2.24) is 36.6 Å². The van der Waals surface area contributed by atoms with E-state index in [-0.39, 0.29) is 49.9 Å². The van der Waals surface area contributed by atoms with Gasteiger partial charge in [0, 0.05) is 37.7 Å². The Balaban J connectivity index is 2.29. The third-order valence-corrected chi connectivity index (χ3v) is 8.57. The number of amides is 6. The molecule has 2 rings (SSSR count). The molecule has 0 saturated heterocycles. The first-order valence-corrected chi connectivity index (χ1v) is 18.6. The molecule has 0 saturated carbocycles. The van der Waals surface area contributed by atoms with Gasteiger partial charge in [-0.1, -0.05) is 26.0 Å². The van der Waals surface area contributed by atoms with Gasteiger partial charge >= 0.3 is 11.9 Å². The number of aromatic nitrogens is 2. The number of nitrogens with zero attached hydrogens (tertiary/aromatic N) is 2. The zero-order valence-corrected chi connectivity index (χ0v) is 32.7. The molecule has 6 atom stereocenters. The second kappa shape index (κ2) is 24.1. The van der Waals surface area contributed by atoms with E-state index in [2.05, 4.69) is 41.5 Å². The maximum absolute atomic E-state index is 13.8. The molecule has 0 aliphatic heterocycles. The van der Waals surface area contributed by atoms with Crippen molar-refractivity contribution in [2.75, 3.05) is 6.54 Å². The van der Waals surface area contributed by atoms with E-state index in [1.807, 2.05) is 0 Å². The minimum Gasteiger partial charge on any atom is -0.508 e. The number of carboxylic acid groups (broad SMARTS) is 2. The number of benzene rings is 1. The molecule has 23 heteroatoms. The minimum absolute atomic E-state index is 0.0186. The molecule has 0 spiro atoms. The number of primary amides is 1. The van der Waals surface area contributed by atoms with Crippen LogP contribution < -0.4 is 49.5 Å². The van der Waals surface area contributed by atoms with Crippen molar-refractivity contribution in [2.45, 2.75) is 101 Å². The Morgan fingerprint density at radius 2 is 1.31 bits per heavy atom. The largest absolute Gasteiger partial charge is 0.508 e. The standard InChI is InChI=1S/C36H54N12O11/c1-18(2)12-24(46-33(56)25(14-20-16-41-17-43-20)45-30(53)22(37)4-3-11-42-36(39)40)32(55)47-26(15-29(51)52)34(57)44-23(9-10-28(38)50)31(54)48-27(35(58)59)13-19-5-7-21(49)8-6-19/h5-8,16-18,22-27,49H,3-4,9-15,37H2,1-2H3,(H2,38,50)(H,41,43)(H,44,57)(H,45,53)(H,46,56)(H,47,55)(H,48,54)(H,51,52)(H,58,59)(H4,39,40,42)/t22-,23-,24-,25-,26-,27-/m0/s1. The summed E-state index contributed by atoms with van der Waals surface area (Å²) in [7, 11) is 0. The highest BCUT2D eigenvalue weighted by atomic mass is 16.4. The lowest BCUT2D eigenvalue weighted by molar-refractivity contribution is -0.143. The molecule has 0 aliphatic carbocycles. The monoisotopic (exact) mass is 830 g/mol. The number of phenolic OH excluding ortho intramolecular Hbond substituents is 1. The van der Waals surface area contributed by atoms with Crippen LogP contribution in [-0.2, 0) is 51.2 Å². The maximum atomic E-state index is 13.8. The van der Waals surface area contributed by atoms with E-state index in [4.69, 9.17) is 22.9 Å². The number of carbonyl (C=O) groups is 8. The molecule has 0 bridgehead atoms. The van der Waals surface area contributed by atoms with Gasteiger partial charge in [-0.2, -0.15) is 0 Å². The number of aromatic hydroxyl groups is 1. The first kappa shape index (κ1) is 48.4. The van der Waals surface area contributed by atoms with Crippen LogP contribution in [0.2, 0.25) is 0 Å². The van der Waals surface area contributed by atoms with Gasteiger partial charge in [0.15, 0.2) is 5.96 Å². The molecule has 0 unspecified atom stereocenters. The van der Waals surface area contributed by atoms with E-state index < -0.39 is 103 Å². The highest BCUT2D eigenvalue weighted by molar-refractivity contribution is 5.97. The van der Waals surface area contributed by atoms with Gasteiger partial charge in [0.1, 0.15) is 36.0 Å². The number of carboxylic acids is 2. The fourth-order valence-corrected chi connectivity index (χ4v) is 5.55. The van der Waals surface area contributed by atoms with Crippen LogP contribution in [0.3, 0.4) is 0 Å². The van der Waals surface area contributed by atoms with Crippen LogP contribution in [0.15, 0.2) is 41.8 Å². The Morgan fingerprint density at radius 1 is 0.746 bits per heavy atom. The van der Waals surface area contributed by atoms with Crippen molar-refractivity contribution in [3.05, 3.63) is 48.0 Å². The van der Waals surface area contributed by atoms with E-state index in [1.165, 1.54) is 36.8 Å². The maximum Gasteiger partial charge on any atom is 0.326 e. The lowest BCUT2D eigenvalue weighted by Gasteiger charge is -2.27. The van der Waals surface area contributed by atoms with Crippen molar-refractivity contribution in [3.63, 3.8) is 0 Å². The molecule has 1 aromatic carbocycles. The lowest BCUT2D eigenvalue weighted by atomic mass is 10.0. The SMILES string of the molecule is CC(C)C[C@H](NC(=O)[C@H](Cc1cnc[nH]1)NC(=O)[C@@H](N)CCCN=C(N)N)C(=O)N[C@@H](CC(=O)O)C(=O)N[C@@H](CCC(N)=O)C(=O)N[C@@H](Cc1ccc(O)cc1)C(=O)O. The molecule has 0 fully saturated rings.